The number of rotatable bonds is 4. The van der Waals surface area contributed by atoms with Crippen LogP contribution in [0.4, 0.5) is 36.4 Å². The Kier molecular flexibility index (Phi) is 5.44. The van der Waals surface area contributed by atoms with Crippen LogP contribution < -0.4 is 10.5 Å². The zero-order valence-electron chi connectivity index (χ0n) is 13.1. The van der Waals surface area contributed by atoms with Crippen molar-refractivity contribution in [1.29, 1.82) is 0 Å². The third kappa shape index (κ3) is 5.10. The summed E-state index contributed by atoms with van der Waals surface area (Å²) in [7, 11) is -4.42. The van der Waals surface area contributed by atoms with Crippen LogP contribution in [0.2, 0.25) is 0 Å². The molecule has 27 heavy (non-hydrogen) atoms. The van der Waals surface area contributed by atoms with Gasteiger partial charge in [0.25, 0.3) is 0 Å². The molecule has 2 aromatic carbocycles. The number of primary sulfonamides is 1. The second-order valence-corrected chi connectivity index (χ2v) is 6.96. The predicted molar refractivity (Wildman–Crippen MR) is 81.5 cm³/mol. The van der Waals surface area contributed by atoms with Crippen LogP contribution in [0.3, 0.4) is 0 Å². The lowest BCUT2D eigenvalue weighted by Gasteiger charge is -2.18. The van der Waals surface area contributed by atoms with E-state index in [4.69, 9.17) is 5.14 Å². The fraction of sp³-hybridized carbons (Fsp3) is 0.200. The number of nitrogens with two attached hydrogens (primary N) is 1. The molecule has 3 N–H and O–H groups in total. The van der Waals surface area contributed by atoms with Gasteiger partial charge in [-0.3, -0.25) is 0 Å². The average Bonchev–Trinajstić information content (AvgIpc) is 2.50. The van der Waals surface area contributed by atoms with Gasteiger partial charge in [-0.15, -0.1) is 0 Å². The lowest BCUT2D eigenvalue weighted by molar-refractivity contribution is -0.139. The highest BCUT2D eigenvalue weighted by molar-refractivity contribution is 7.89. The van der Waals surface area contributed by atoms with E-state index < -0.39 is 62.0 Å². The first kappa shape index (κ1) is 21.0. The van der Waals surface area contributed by atoms with E-state index in [-0.39, 0.29) is 12.1 Å². The number of hydrogen-bond donors (Lipinski definition) is 2. The van der Waals surface area contributed by atoms with Crippen molar-refractivity contribution < 1.29 is 39.2 Å². The Morgan fingerprint density at radius 2 is 1.48 bits per heavy atom. The van der Waals surface area contributed by atoms with E-state index >= 15 is 0 Å². The molecule has 0 spiro atoms. The van der Waals surface area contributed by atoms with E-state index in [9.17, 15) is 39.2 Å². The smallest absolute Gasteiger partial charge is 0.380 e. The standard InChI is InChI=1S/C15H11F7N2O2S/c16-9-2-1-8(11(5-9)14(17,18)19)7-24-13-4-3-10(27(23,25)26)6-12(13)15(20,21)22/h1-6,24H,7H2,(H2,23,25,26). The number of anilines is 1. The quantitative estimate of drug-likeness (QED) is 0.737. The highest BCUT2D eigenvalue weighted by Gasteiger charge is 2.36. The van der Waals surface area contributed by atoms with E-state index in [2.05, 4.69) is 5.32 Å². The molecule has 0 aromatic heterocycles. The van der Waals surface area contributed by atoms with Crippen LogP contribution in [0.5, 0.6) is 0 Å². The molecule has 0 saturated heterocycles. The number of halogens is 7. The summed E-state index contributed by atoms with van der Waals surface area (Å²) in [5.74, 6) is -1.15. The molecular formula is C15H11F7N2O2S. The van der Waals surface area contributed by atoms with Crippen molar-refractivity contribution in [1.82, 2.24) is 0 Å². The van der Waals surface area contributed by atoms with Crippen molar-refractivity contribution in [2.45, 2.75) is 23.8 Å². The van der Waals surface area contributed by atoms with E-state index in [1.807, 2.05) is 0 Å². The molecule has 0 aliphatic rings. The Labute approximate surface area is 148 Å². The summed E-state index contributed by atoms with van der Waals surface area (Å²) in [6.07, 6.45) is -9.91. The number of hydrogen-bond acceptors (Lipinski definition) is 3. The van der Waals surface area contributed by atoms with Crippen LogP contribution in [-0.4, -0.2) is 8.42 Å². The minimum Gasteiger partial charge on any atom is -0.380 e. The van der Waals surface area contributed by atoms with E-state index in [0.29, 0.717) is 0 Å². The van der Waals surface area contributed by atoms with E-state index in [0.717, 1.165) is 24.3 Å². The predicted octanol–water partition coefficient (Wildman–Crippen LogP) is 4.12. The summed E-state index contributed by atoms with van der Waals surface area (Å²) in [6.45, 7) is -0.715. The summed E-state index contributed by atoms with van der Waals surface area (Å²) in [5, 5.41) is 6.96. The van der Waals surface area contributed by atoms with Gasteiger partial charge >= 0.3 is 12.4 Å². The molecule has 0 aliphatic heterocycles. The second kappa shape index (κ2) is 7.00. The van der Waals surface area contributed by atoms with Crippen LogP contribution in [0.1, 0.15) is 16.7 Å². The highest BCUT2D eigenvalue weighted by atomic mass is 32.2. The lowest BCUT2D eigenvalue weighted by atomic mass is 10.1. The zero-order valence-corrected chi connectivity index (χ0v) is 13.9. The van der Waals surface area contributed by atoms with E-state index in [1.165, 1.54) is 0 Å². The van der Waals surface area contributed by atoms with Gasteiger partial charge in [0.1, 0.15) is 5.82 Å². The van der Waals surface area contributed by atoms with Gasteiger partial charge in [0, 0.05) is 12.2 Å². The molecule has 0 heterocycles. The van der Waals surface area contributed by atoms with Crippen molar-refractivity contribution in [3.63, 3.8) is 0 Å². The summed E-state index contributed by atoms with van der Waals surface area (Å²) in [4.78, 5) is -0.807. The zero-order chi connectivity index (χ0) is 20.6. The molecule has 0 bridgehead atoms. The van der Waals surface area contributed by atoms with Crippen molar-refractivity contribution in [2.24, 2.45) is 5.14 Å². The molecule has 0 unspecified atom stereocenters. The summed E-state index contributed by atoms with van der Waals surface area (Å²) < 4.78 is 114. The fourth-order valence-electron chi connectivity index (χ4n) is 2.25. The van der Waals surface area contributed by atoms with Gasteiger partial charge in [0.05, 0.1) is 16.0 Å². The second-order valence-electron chi connectivity index (χ2n) is 5.40. The van der Waals surface area contributed by atoms with Gasteiger partial charge in [-0.1, -0.05) is 6.07 Å². The molecule has 148 valence electrons. The maximum atomic E-state index is 13.2. The Balaban J connectivity index is 2.42. The van der Waals surface area contributed by atoms with Crippen molar-refractivity contribution in [3.8, 4) is 0 Å². The molecule has 12 heteroatoms. The lowest BCUT2D eigenvalue weighted by Crippen LogP contribution is -2.17. The minimum atomic E-state index is -5.00. The van der Waals surface area contributed by atoms with Gasteiger partial charge in [-0.2, -0.15) is 26.3 Å². The largest absolute Gasteiger partial charge is 0.418 e. The maximum Gasteiger partial charge on any atom is 0.418 e. The molecule has 0 radical (unpaired) electrons. The van der Waals surface area contributed by atoms with Gasteiger partial charge in [-0.05, 0) is 35.9 Å². The fourth-order valence-corrected chi connectivity index (χ4v) is 2.79. The number of alkyl halides is 6. The van der Waals surface area contributed by atoms with Crippen molar-refractivity contribution in [3.05, 3.63) is 58.9 Å². The maximum absolute atomic E-state index is 13.2. The minimum absolute atomic E-state index is 0.228. The molecule has 0 aliphatic carbocycles. The van der Waals surface area contributed by atoms with Gasteiger partial charge in [0.2, 0.25) is 10.0 Å². The van der Waals surface area contributed by atoms with Gasteiger partial charge in [0.15, 0.2) is 0 Å². The summed E-state index contributed by atoms with van der Waals surface area (Å²) >= 11 is 0. The number of benzene rings is 2. The third-order valence-electron chi connectivity index (χ3n) is 3.47. The molecule has 2 rings (SSSR count). The summed E-state index contributed by atoms with van der Waals surface area (Å²) in [6, 6.07) is 3.54. The average molecular weight is 416 g/mol. The van der Waals surface area contributed by atoms with Crippen molar-refractivity contribution in [2.75, 3.05) is 5.32 Å². The van der Waals surface area contributed by atoms with Crippen LogP contribution >= 0.6 is 0 Å². The number of sulfonamides is 1. The molecule has 0 amide bonds. The third-order valence-corrected chi connectivity index (χ3v) is 4.38. The first-order valence-corrected chi connectivity index (χ1v) is 8.58. The van der Waals surface area contributed by atoms with Crippen LogP contribution in [-0.2, 0) is 28.9 Å². The molecule has 0 saturated carbocycles. The highest BCUT2D eigenvalue weighted by Crippen LogP contribution is 2.37. The normalized spacial score (nSPS) is 12.9. The van der Waals surface area contributed by atoms with Crippen LogP contribution in [0, 0.1) is 5.82 Å². The van der Waals surface area contributed by atoms with Crippen LogP contribution in [0.25, 0.3) is 0 Å². The monoisotopic (exact) mass is 416 g/mol. The molecule has 0 fully saturated rings. The molecular weight excluding hydrogens is 405 g/mol. The number of nitrogens with one attached hydrogen (secondary N) is 1. The SMILES string of the molecule is NS(=O)(=O)c1ccc(NCc2ccc(F)cc2C(F)(F)F)c(C(F)(F)F)c1. The van der Waals surface area contributed by atoms with E-state index in [1.54, 1.807) is 0 Å². The topological polar surface area (TPSA) is 72.2 Å². The summed E-state index contributed by atoms with van der Waals surface area (Å²) in [5.41, 5.74) is -3.92. The Hall–Kier alpha value is -2.34. The Morgan fingerprint density at radius 3 is 2.00 bits per heavy atom. The molecule has 2 aromatic rings. The van der Waals surface area contributed by atoms with Crippen LogP contribution in [0.15, 0.2) is 41.3 Å². The van der Waals surface area contributed by atoms with Gasteiger partial charge < -0.3 is 5.32 Å². The first-order chi connectivity index (χ1) is 12.2. The first-order valence-electron chi connectivity index (χ1n) is 7.03. The Morgan fingerprint density at radius 1 is 0.889 bits per heavy atom. The van der Waals surface area contributed by atoms with Crippen molar-refractivity contribution >= 4 is 15.7 Å². The molecule has 4 nitrogen and oxygen atoms in total. The Bertz CT molecular complexity index is 954. The molecule has 0 atom stereocenters. The van der Waals surface area contributed by atoms with Gasteiger partial charge in [-0.25, -0.2) is 17.9 Å².